The van der Waals surface area contributed by atoms with Crippen LogP contribution < -0.4 is 9.62 Å². The fraction of sp³-hybridized carbons (Fsp3) is 0.310. The molecule has 0 spiro atoms. The summed E-state index contributed by atoms with van der Waals surface area (Å²) in [7, 11) is -4.51. The van der Waals surface area contributed by atoms with Gasteiger partial charge in [-0.25, -0.2) is 8.42 Å². The SMILES string of the molecule is C[C@H](C(=O)NC(C)(C)C)N(Cc1ccccc1Cl)C(=O)CN(c1cccc(C(F)(F)F)c1)S(=O)(=O)c1ccccc1. The number of carbonyl (C=O) groups is 2. The van der Waals surface area contributed by atoms with Gasteiger partial charge in [-0.1, -0.05) is 54.1 Å². The first-order valence-electron chi connectivity index (χ1n) is 12.6. The highest BCUT2D eigenvalue weighted by molar-refractivity contribution is 7.92. The van der Waals surface area contributed by atoms with Crippen molar-refractivity contribution in [1.82, 2.24) is 10.2 Å². The first kappa shape index (κ1) is 32.0. The van der Waals surface area contributed by atoms with E-state index in [1.54, 1.807) is 51.1 Å². The number of alkyl halides is 3. The average molecular weight is 610 g/mol. The van der Waals surface area contributed by atoms with Crippen molar-refractivity contribution in [1.29, 1.82) is 0 Å². The van der Waals surface area contributed by atoms with Crippen LogP contribution in [0.3, 0.4) is 0 Å². The average Bonchev–Trinajstić information content (AvgIpc) is 2.89. The van der Waals surface area contributed by atoms with Crippen molar-refractivity contribution in [2.75, 3.05) is 10.8 Å². The molecule has 3 aromatic rings. The Morgan fingerprint density at radius 3 is 2.12 bits per heavy atom. The summed E-state index contributed by atoms with van der Waals surface area (Å²) in [6.07, 6.45) is -4.75. The summed E-state index contributed by atoms with van der Waals surface area (Å²) in [6, 6.07) is 16.3. The van der Waals surface area contributed by atoms with E-state index in [0.717, 1.165) is 17.0 Å². The van der Waals surface area contributed by atoms with Gasteiger partial charge in [0.1, 0.15) is 12.6 Å². The zero-order valence-electron chi connectivity index (χ0n) is 22.9. The number of amides is 2. The zero-order chi connectivity index (χ0) is 30.6. The maximum Gasteiger partial charge on any atom is 0.416 e. The van der Waals surface area contributed by atoms with E-state index in [2.05, 4.69) is 5.32 Å². The lowest BCUT2D eigenvalue weighted by Gasteiger charge is -2.33. The van der Waals surface area contributed by atoms with Crippen LogP contribution in [0.4, 0.5) is 18.9 Å². The standard InChI is InChI=1S/C29H31ClF3N3O4S/c1-20(27(38)34-28(2,3)4)35(18-21-11-8-9-16-25(21)30)26(37)19-36(41(39,40)24-14-6-5-7-15-24)23-13-10-12-22(17-23)29(31,32)33/h5-17,20H,18-19H2,1-4H3,(H,34,38)/t20-/m1/s1. The Balaban J connectivity index is 2.10. The van der Waals surface area contributed by atoms with E-state index >= 15 is 0 Å². The Bertz CT molecular complexity index is 1490. The second kappa shape index (κ2) is 12.5. The van der Waals surface area contributed by atoms with Crippen LogP contribution in [0.15, 0.2) is 83.8 Å². The fourth-order valence-electron chi connectivity index (χ4n) is 3.95. The molecule has 0 radical (unpaired) electrons. The molecule has 1 N–H and O–H groups in total. The summed E-state index contributed by atoms with van der Waals surface area (Å²) >= 11 is 6.33. The minimum atomic E-state index is -4.75. The molecule has 220 valence electrons. The van der Waals surface area contributed by atoms with Crippen LogP contribution in [0, 0.1) is 0 Å². The topological polar surface area (TPSA) is 86.8 Å². The number of nitrogens with zero attached hydrogens (tertiary/aromatic N) is 2. The third-order valence-corrected chi connectivity index (χ3v) is 8.19. The van der Waals surface area contributed by atoms with Gasteiger partial charge in [0.15, 0.2) is 0 Å². The lowest BCUT2D eigenvalue weighted by molar-refractivity contribution is -0.140. The van der Waals surface area contributed by atoms with Gasteiger partial charge in [0, 0.05) is 17.1 Å². The molecule has 0 aliphatic rings. The first-order chi connectivity index (χ1) is 19.0. The van der Waals surface area contributed by atoms with E-state index in [0.29, 0.717) is 21.0 Å². The molecule has 0 unspecified atom stereocenters. The molecule has 12 heteroatoms. The van der Waals surface area contributed by atoms with Crippen molar-refractivity contribution in [3.8, 4) is 0 Å². The Morgan fingerprint density at radius 1 is 0.927 bits per heavy atom. The van der Waals surface area contributed by atoms with E-state index in [1.807, 2.05) is 0 Å². The van der Waals surface area contributed by atoms with E-state index in [1.165, 1.54) is 37.3 Å². The Labute approximate surface area is 243 Å². The van der Waals surface area contributed by atoms with Crippen LogP contribution in [0.5, 0.6) is 0 Å². The van der Waals surface area contributed by atoms with Gasteiger partial charge < -0.3 is 10.2 Å². The van der Waals surface area contributed by atoms with Crippen LogP contribution in [-0.2, 0) is 32.3 Å². The number of anilines is 1. The minimum absolute atomic E-state index is 0.154. The number of nitrogens with one attached hydrogen (secondary N) is 1. The van der Waals surface area contributed by atoms with E-state index in [9.17, 15) is 31.2 Å². The van der Waals surface area contributed by atoms with Crippen molar-refractivity contribution in [2.45, 2.75) is 56.9 Å². The molecule has 0 aliphatic carbocycles. The molecular weight excluding hydrogens is 579 g/mol. The van der Waals surface area contributed by atoms with Crippen LogP contribution in [0.2, 0.25) is 5.02 Å². The number of benzene rings is 3. The number of hydrogen-bond acceptors (Lipinski definition) is 4. The molecule has 0 bridgehead atoms. The molecule has 0 aromatic heterocycles. The molecule has 41 heavy (non-hydrogen) atoms. The maximum absolute atomic E-state index is 13.9. The zero-order valence-corrected chi connectivity index (χ0v) is 24.5. The molecule has 1 atom stereocenters. The Kier molecular flexibility index (Phi) is 9.76. The predicted molar refractivity (Wildman–Crippen MR) is 152 cm³/mol. The van der Waals surface area contributed by atoms with Gasteiger partial charge >= 0.3 is 6.18 Å². The normalized spacial score (nSPS) is 12.9. The molecule has 0 fully saturated rings. The molecular formula is C29H31ClF3N3O4S. The van der Waals surface area contributed by atoms with Gasteiger partial charge in [-0.3, -0.25) is 13.9 Å². The lowest BCUT2D eigenvalue weighted by atomic mass is 10.1. The Hall–Kier alpha value is -3.57. The summed E-state index contributed by atoms with van der Waals surface area (Å²) < 4.78 is 68.7. The summed E-state index contributed by atoms with van der Waals surface area (Å²) in [5.41, 5.74) is -1.58. The number of hydrogen-bond donors (Lipinski definition) is 1. The number of rotatable bonds is 9. The summed E-state index contributed by atoms with van der Waals surface area (Å²) in [5.74, 6) is -1.33. The van der Waals surface area contributed by atoms with E-state index < -0.39 is 51.7 Å². The third-order valence-electron chi connectivity index (χ3n) is 6.04. The number of carbonyl (C=O) groups excluding carboxylic acids is 2. The highest BCUT2D eigenvalue weighted by Gasteiger charge is 2.35. The Morgan fingerprint density at radius 2 is 1.54 bits per heavy atom. The minimum Gasteiger partial charge on any atom is -0.350 e. The second-order valence-electron chi connectivity index (χ2n) is 10.4. The van der Waals surface area contributed by atoms with Crippen molar-refractivity contribution < 1.29 is 31.2 Å². The van der Waals surface area contributed by atoms with Crippen molar-refractivity contribution in [2.24, 2.45) is 0 Å². The molecule has 7 nitrogen and oxygen atoms in total. The molecule has 2 amide bonds. The highest BCUT2D eigenvalue weighted by atomic mass is 35.5. The summed E-state index contributed by atoms with van der Waals surface area (Å²) in [6.45, 7) is 5.74. The number of sulfonamides is 1. The van der Waals surface area contributed by atoms with Crippen LogP contribution in [0.25, 0.3) is 0 Å². The highest BCUT2D eigenvalue weighted by Crippen LogP contribution is 2.33. The van der Waals surface area contributed by atoms with Crippen molar-refractivity contribution in [3.05, 3.63) is 95.0 Å². The smallest absolute Gasteiger partial charge is 0.350 e. The number of halogens is 4. The molecule has 0 aliphatic heterocycles. The molecule has 3 rings (SSSR count). The monoisotopic (exact) mass is 609 g/mol. The van der Waals surface area contributed by atoms with Crippen LogP contribution in [-0.4, -0.2) is 43.3 Å². The van der Waals surface area contributed by atoms with Crippen LogP contribution in [0.1, 0.15) is 38.8 Å². The van der Waals surface area contributed by atoms with Crippen LogP contribution >= 0.6 is 11.6 Å². The predicted octanol–water partition coefficient (Wildman–Crippen LogP) is 5.89. The summed E-state index contributed by atoms with van der Waals surface area (Å²) in [4.78, 5) is 27.9. The first-order valence-corrected chi connectivity index (χ1v) is 14.4. The van der Waals surface area contributed by atoms with Gasteiger partial charge in [-0.05, 0) is 69.7 Å². The molecule has 0 saturated heterocycles. The van der Waals surface area contributed by atoms with Gasteiger partial charge in [-0.15, -0.1) is 0 Å². The fourth-order valence-corrected chi connectivity index (χ4v) is 5.58. The van der Waals surface area contributed by atoms with Gasteiger partial charge in [0.2, 0.25) is 11.8 Å². The quantitative estimate of drug-likeness (QED) is 0.328. The van der Waals surface area contributed by atoms with E-state index in [-0.39, 0.29) is 17.1 Å². The van der Waals surface area contributed by atoms with Gasteiger partial charge in [0.25, 0.3) is 10.0 Å². The van der Waals surface area contributed by atoms with Crippen molar-refractivity contribution in [3.63, 3.8) is 0 Å². The molecule has 0 saturated carbocycles. The summed E-state index contributed by atoms with van der Waals surface area (Å²) in [5, 5.41) is 3.12. The van der Waals surface area contributed by atoms with Gasteiger partial charge in [-0.2, -0.15) is 13.2 Å². The van der Waals surface area contributed by atoms with Gasteiger partial charge in [0.05, 0.1) is 16.1 Å². The lowest BCUT2D eigenvalue weighted by Crippen LogP contribution is -2.54. The molecule has 0 heterocycles. The second-order valence-corrected chi connectivity index (χ2v) is 12.7. The largest absolute Gasteiger partial charge is 0.416 e. The maximum atomic E-state index is 13.9. The third kappa shape index (κ3) is 8.23. The van der Waals surface area contributed by atoms with Crippen molar-refractivity contribution >= 4 is 39.1 Å². The van der Waals surface area contributed by atoms with E-state index in [4.69, 9.17) is 11.6 Å². The molecule has 3 aromatic carbocycles.